The molecule has 1 aliphatic heterocycles. The van der Waals surface area contributed by atoms with E-state index in [1.165, 1.54) is 11.1 Å². The van der Waals surface area contributed by atoms with Crippen LogP contribution in [0.3, 0.4) is 0 Å². The van der Waals surface area contributed by atoms with Crippen LogP contribution in [-0.4, -0.2) is 80.7 Å². The van der Waals surface area contributed by atoms with Crippen molar-refractivity contribution in [1.29, 1.82) is 0 Å². The molecular formula is C24H34N2O4. The summed E-state index contributed by atoms with van der Waals surface area (Å²) in [7, 11) is 1.64. The van der Waals surface area contributed by atoms with Gasteiger partial charge in [-0.15, -0.1) is 0 Å². The zero-order chi connectivity index (χ0) is 21.2. The van der Waals surface area contributed by atoms with Crippen molar-refractivity contribution in [3.05, 3.63) is 59.7 Å². The van der Waals surface area contributed by atoms with Crippen LogP contribution in [0.25, 0.3) is 0 Å². The topological polar surface area (TPSA) is 54.4 Å². The van der Waals surface area contributed by atoms with Crippen LogP contribution in [0.1, 0.15) is 11.1 Å². The van der Waals surface area contributed by atoms with Gasteiger partial charge in [0.15, 0.2) is 0 Å². The highest BCUT2D eigenvalue weighted by Crippen LogP contribution is 2.17. The van der Waals surface area contributed by atoms with Gasteiger partial charge in [-0.3, -0.25) is 9.80 Å². The number of aliphatic hydroxyl groups is 1. The maximum absolute atomic E-state index is 10.6. The van der Waals surface area contributed by atoms with Crippen molar-refractivity contribution < 1.29 is 19.3 Å². The monoisotopic (exact) mass is 414 g/mol. The molecule has 0 spiro atoms. The smallest absolute Gasteiger partial charge is 0.119 e. The SMILES string of the molecule is COc1ccc(OCC(O)CN(CCN2CCOCC2)Cc2ccc(C)cc2)cc1. The van der Waals surface area contributed by atoms with E-state index in [1.807, 2.05) is 24.3 Å². The first-order valence-electron chi connectivity index (χ1n) is 10.7. The van der Waals surface area contributed by atoms with E-state index in [1.54, 1.807) is 7.11 Å². The molecule has 0 radical (unpaired) electrons. The van der Waals surface area contributed by atoms with E-state index in [-0.39, 0.29) is 6.61 Å². The van der Waals surface area contributed by atoms with E-state index in [0.29, 0.717) is 6.54 Å². The molecule has 1 saturated heterocycles. The standard InChI is InChI=1S/C24H34N2O4/c1-20-3-5-21(6-4-20)17-26(12-11-25-13-15-29-16-14-25)18-22(27)19-30-24-9-7-23(28-2)8-10-24/h3-10,22,27H,11-19H2,1-2H3. The number of benzene rings is 2. The molecule has 0 aliphatic carbocycles. The second kappa shape index (κ2) is 11.9. The summed E-state index contributed by atoms with van der Waals surface area (Å²) >= 11 is 0. The maximum atomic E-state index is 10.6. The number of aryl methyl sites for hydroxylation is 1. The predicted molar refractivity (Wildman–Crippen MR) is 118 cm³/mol. The number of rotatable bonds is 11. The summed E-state index contributed by atoms with van der Waals surface area (Å²) in [5.41, 5.74) is 2.51. The molecule has 1 aliphatic rings. The lowest BCUT2D eigenvalue weighted by molar-refractivity contribution is 0.0256. The summed E-state index contributed by atoms with van der Waals surface area (Å²) in [4.78, 5) is 4.73. The molecule has 0 aromatic heterocycles. The van der Waals surface area contributed by atoms with Gasteiger partial charge in [-0.05, 0) is 36.8 Å². The Balaban J connectivity index is 1.52. The van der Waals surface area contributed by atoms with Crippen LogP contribution in [0, 0.1) is 6.92 Å². The summed E-state index contributed by atoms with van der Waals surface area (Å²) < 4.78 is 16.4. The number of aliphatic hydroxyl groups excluding tert-OH is 1. The highest BCUT2D eigenvalue weighted by Gasteiger charge is 2.16. The second-order valence-electron chi connectivity index (χ2n) is 7.82. The lowest BCUT2D eigenvalue weighted by Crippen LogP contribution is -2.43. The van der Waals surface area contributed by atoms with Crippen LogP contribution in [0.5, 0.6) is 11.5 Å². The third-order valence-electron chi connectivity index (χ3n) is 5.33. The molecule has 3 rings (SSSR count). The van der Waals surface area contributed by atoms with Crippen LogP contribution in [0.2, 0.25) is 0 Å². The first-order chi connectivity index (χ1) is 14.6. The normalized spacial score (nSPS) is 15.9. The molecule has 164 valence electrons. The molecule has 6 heteroatoms. The number of hydrogen-bond acceptors (Lipinski definition) is 6. The molecule has 0 saturated carbocycles. The Labute approximate surface area is 180 Å². The summed E-state index contributed by atoms with van der Waals surface area (Å²) in [5.74, 6) is 1.52. The highest BCUT2D eigenvalue weighted by atomic mass is 16.5. The van der Waals surface area contributed by atoms with Crippen molar-refractivity contribution in [3.8, 4) is 11.5 Å². The fourth-order valence-electron chi connectivity index (χ4n) is 3.51. The fraction of sp³-hybridized carbons (Fsp3) is 0.500. The Morgan fingerprint density at radius 3 is 2.37 bits per heavy atom. The number of ether oxygens (including phenoxy) is 3. The maximum Gasteiger partial charge on any atom is 0.119 e. The number of morpholine rings is 1. The Bertz CT molecular complexity index is 730. The van der Waals surface area contributed by atoms with E-state index in [2.05, 4.69) is 41.0 Å². The number of hydrogen-bond donors (Lipinski definition) is 1. The minimum absolute atomic E-state index is 0.258. The van der Waals surface area contributed by atoms with E-state index < -0.39 is 6.10 Å². The zero-order valence-electron chi connectivity index (χ0n) is 18.1. The Morgan fingerprint density at radius 1 is 1.03 bits per heavy atom. The summed E-state index contributed by atoms with van der Waals surface area (Å²) in [6.45, 7) is 9.15. The Kier molecular flexibility index (Phi) is 8.96. The fourth-order valence-corrected chi connectivity index (χ4v) is 3.51. The van der Waals surface area contributed by atoms with Gasteiger partial charge in [0.05, 0.1) is 20.3 Å². The molecule has 2 aromatic rings. The largest absolute Gasteiger partial charge is 0.497 e. The van der Waals surface area contributed by atoms with Gasteiger partial charge < -0.3 is 19.3 Å². The summed E-state index contributed by atoms with van der Waals surface area (Å²) in [6.07, 6.45) is -0.567. The Morgan fingerprint density at radius 2 is 1.70 bits per heavy atom. The van der Waals surface area contributed by atoms with E-state index in [4.69, 9.17) is 14.2 Å². The van der Waals surface area contributed by atoms with Gasteiger partial charge in [-0.1, -0.05) is 29.8 Å². The van der Waals surface area contributed by atoms with Crippen LogP contribution in [0.15, 0.2) is 48.5 Å². The highest BCUT2D eigenvalue weighted by molar-refractivity contribution is 5.31. The molecule has 30 heavy (non-hydrogen) atoms. The second-order valence-corrected chi connectivity index (χ2v) is 7.82. The molecule has 6 nitrogen and oxygen atoms in total. The van der Waals surface area contributed by atoms with Crippen molar-refractivity contribution in [1.82, 2.24) is 9.80 Å². The van der Waals surface area contributed by atoms with Crippen LogP contribution >= 0.6 is 0 Å². The molecule has 1 atom stereocenters. The van der Waals surface area contributed by atoms with Crippen molar-refractivity contribution in [2.45, 2.75) is 19.6 Å². The first-order valence-corrected chi connectivity index (χ1v) is 10.7. The minimum Gasteiger partial charge on any atom is -0.497 e. The lowest BCUT2D eigenvalue weighted by atomic mass is 10.1. The third kappa shape index (κ3) is 7.61. The van der Waals surface area contributed by atoms with Gasteiger partial charge in [0.1, 0.15) is 24.2 Å². The lowest BCUT2D eigenvalue weighted by Gasteiger charge is -2.31. The van der Waals surface area contributed by atoms with Gasteiger partial charge in [0, 0.05) is 39.3 Å². The van der Waals surface area contributed by atoms with Crippen LogP contribution in [-0.2, 0) is 11.3 Å². The zero-order valence-corrected chi connectivity index (χ0v) is 18.1. The Hall–Kier alpha value is -2.12. The van der Waals surface area contributed by atoms with Gasteiger partial charge in [-0.25, -0.2) is 0 Å². The van der Waals surface area contributed by atoms with Gasteiger partial charge in [0.2, 0.25) is 0 Å². The van der Waals surface area contributed by atoms with Crippen LogP contribution in [0.4, 0.5) is 0 Å². The van der Waals surface area contributed by atoms with Gasteiger partial charge in [0.25, 0.3) is 0 Å². The molecule has 1 N–H and O–H groups in total. The number of methoxy groups -OCH3 is 1. The van der Waals surface area contributed by atoms with Crippen molar-refractivity contribution in [2.24, 2.45) is 0 Å². The molecular weight excluding hydrogens is 380 g/mol. The summed E-state index contributed by atoms with van der Waals surface area (Å²) in [6, 6.07) is 16.0. The molecule has 1 heterocycles. The van der Waals surface area contributed by atoms with Gasteiger partial charge in [-0.2, -0.15) is 0 Å². The minimum atomic E-state index is -0.567. The average molecular weight is 415 g/mol. The van der Waals surface area contributed by atoms with E-state index in [9.17, 15) is 5.11 Å². The molecule has 0 bridgehead atoms. The summed E-state index contributed by atoms with van der Waals surface area (Å²) in [5, 5.41) is 10.6. The van der Waals surface area contributed by atoms with Crippen molar-refractivity contribution in [2.75, 3.05) is 59.7 Å². The van der Waals surface area contributed by atoms with Gasteiger partial charge >= 0.3 is 0 Å². The van der Waals surface area contributed by atoms with E-state index >= 15 is 0 Å². The van der Waals surface area contributed by atoms with Crippen molar-refractivity contribution >= 4 is 0 Å². The van der Waals surface area contributed by atoms with Crippen molar-refractivity contribution in [3.63, 3.8) is 0 Å². The molecule has 2 aromatic carbocycles. The quantitative estimate of drug-likeness (QED) is 0.610. The molecule has 0 amide bonds. The predicted octanol–water partition coefficient (Wildman–Crippen LogP) is 2.58. The number of nitrogens with zero attached hydrogens (tertiary/aromatic N) is 2. The average Bonchev–Trinajstić information content (AvgIpc) is 2.78. The first kappa shape index (κ1) is 22.6. The van der Waals surface area contributed by atoms with E-state index in [0.717, 1.165) is 57.4 Å². The molecule has 1 fully saturated rings. The third-order valence-corrected chi connectivity index (χ3v) is 5.33. The van der Waals surface area contributed by atoms with Crippen LogP contribution < -0.4 is 9.47 Å². The molecule has 1 unspecified atom stereocenters.